The van der Waals surface area contributed by atoms with E-state index in [4.69, 9.17) is 9.47 Å². The van der Waals surface area contributed by atoms with Crippen LogP contribution in [-0.2, 0) is 4.79 Å². The third-order valence-electron chi connectivity index (χ3n) is 4.62. The van der Waals surface area contributed by atoms with Crippen molar-refractivity contribution in [1.82, 2.24) is 0 Å². The Morgan fingerprint density at radius 1 is 0.875 bits per heavy atom. The third-order valence-corrected chi connectivity index (χ3v) is 4.62. The summed E-state index contributed by atoms with van der Waals surface area (Å²) in [4.78, 5) is 12.2. The molecular weight excluding hydrogens is 300 g/mol. The summed E-state index contributed by atoms with van der Waals surface area (Å²) in [6.07, 6.45) is 0.742. The fraction of sp³-hybridized carbons (Fsp3) is 0.286. The van der Waals surface area contributed by atoms with Gasteiger partial charge in [-0.25, -0.2) is 0 Å². The van der Waals surface area contributed by atoms with Crippen LogP contribution in [0.2, 0.25) is 0 Å². The summed E-state index contributed by atoms with van der Waals surface area (Å²) in [5.74, 6) is 1.23. The van der Waals surface area contributed by atoms with Crippen LogP contribution in [0, 0.1) is 5.41 Å². The number of esters is 1. The van der Waals surface area contributed by atoms with Gasteiger partial charge in [0.15, 0.2) is 0 Å². The zero-order valence-corrected chi connectivity index (χ0v) is 14.6. The molecule has 0 heterocycles. The van der Waals surface area contributed by atoms with Crippen molar-refractivity contribution in [2.24, 2.45) is 5.41 Å². The van der Waals surface area contributed by atoms with Gasteiger partial charge in [-0.15, -0.1) is 0 Å². The van der Waals surface area contributed by atoms with Crippen LogP contribution in [0.4, 0.5) is 0 Å². The number of carbonyl (C=O) groups is 1. The van der Waals surface area contributed by atoms with Crippen molar-refractivity contribution in [2.75, 3.05) is 7.11 Å². The predicted octanol–water partition coefficient (Wildman–Crippen LogP) is 5.34. The fourth-order valence-electron chi connectivity index (χ4n) is 2.53. The van der Waals surface area contributed by atoms with Crippen LogP contribution < -0.4 is 9.47 Å². The lowest BCUT2D eigenvalue weighted by atomic mass is 9.91. The van der Waals surface area contributed by atoms with Crippen LogP contribution in [0.15, 0.2) is 48.5 Å². The molecule has 0 N–H and O–H groups in total. The minimum atomic E-state index is -0.477. The maximum atomic E-state index is 12.2. The predicted molar refractivity (Wildman–Crippen MR) is 97.7 cm³/mol. The lowest BCUT2D eigenvalue weighted by Gasteiger charge is -2.20. The Balaban J connectivity index is 1.99. The number of fused-ring (bicyclic) bond motifs is 2. The topological polar surface area (TPSA) is 35.5 Å². The number of hydrogen-bond donors (Lipinski definition) is 0. The highest BCUT2D eigenvalue weighted by Crippen LogP contribution is 2.30. The lowest BCUT2D eigenvalue weighted by molar-refractivity contribution is -0.144. The van der Waals surface area contributed by atoms with E-state index in [1.54, 1.807) is 7.11 Å². The van der Waals surface area contributed by atoms with Crippen LogP contribution >= 0.6 is 0 Å². The van der Waals surface area contributed by atoms with Gasteiger partial charge in [0.25, 0.3) is 0 Å². The van der Waals surface area contributed by atoms with Crippen LogP contribution in [-0.4, -0.2) is 13.1 Å². The van der Waals surface area contributed by atoms with Crippen molar-refractivity contribution in [3.63, 3.8) is 0 Å². The first-order valence-electron chi connectivity index (χ1n) is 8.17. The van der Waals surface area contributed by atoms with Crippen molar-refractivity contribution in [3.05, 3.63) is 48.5 Å². The molecule has 0 aromatic heterocycles. The SMILES string of the molecule is CCC(C)(C)C(=O)Oc1ccc2cc3cc(OC)ccc3cc2c1. The Hall–Kier alpha value is -2.55. The van der Waals surface area contributed by atoms with Gasteiger partial charge in [0.2, 0.25) is 0 Å². The molecule has 0 saturated carbocycles. The summed E-state index contributed by atoms with van der Waals surface area (Å²) in [5.41, 5.74) is -0.477. The van der Waals surface area contributed by atoms with E-state index in [2.05, 4.69) is 12.1 Å². The molecule has 0 saturated heterocycles. The average Bonchev–Trinajstić information content (AvgIpc) is 2.59. The first kappa shape index (κ1) is 16.3. The zero-order chi connectivity index (χ0) is 17.3. The van der Waals surface area contributed by atoms with E-state index in [1.807, 2.05) is 57.2 Å². The molecular formula is C21H22O3. The van der Waals surface area contributed by atoms with E-state index in [9.17, 15) is 4.79 Å². The number of rotatable bonds is 4. The number of methoxy groups -OCH3 is 1. The molecule has 3 aromatic rings. The molecule has 0 atom stereocenters. The molecule has 0 bridgehead atoms. The quantitative estimate of drug-likeness (QED) is 0.369. The van der Waals surface area contributed by atoms with Crippen molar-refractivity contribution in [1.29, 1.82) is 0 Å². The Morgan fingerprint density at radius 3 is 1.96 bits per heavy atom. The summed E-state index contributed by atoms with van der Waals surface area (Å²) < 4.78 is 10.8. The normalized spacial score (nSPS) is 11.7. The Labute approximate surface area is 142 Å². The van der Waals surface area contributed by atoms with Crippen LogP contribution in [0.3, 0.4) is 0 Å². The number of hydrogen-bond acceptors (Lipinski definition) is 3. The van der Waals surface area contributed by atoms with E-state index in [0.717, 1.165) is 33.7 Å². The minimum Gasteiger partial charge on any atom is -0.497 e. The maximum Gasteiger partial charge on any atom is 0.316 e. The van der Waals surface area contributed by atoms with Gasteiger partial charge in [-0.05, 0) is 78.2 Å². The van der Waals surface area contributed by atoms with Gasteiger partial charge in [0.05, 0.1) is 12.5 Å². The summed E-state index contributed by atoms with van der Waals surface area (Å²) >= 11 is 0. The summed E-state index contributed by atoms with van der Waals surface area (Å²) in [5, 5.41) is 4.40. The van der Waals surface area contributed by atoms with Gasteiger partial charge in [0.1, 0.15) is 11.5 Å². The molecule has 0 spiro atoms. The van der Waals surface area contributed by atoms with E-state index < -0.39 is 5.41 Å². The standard InChI is InChI=1S/C21H22O3/c1-5-21(2,3)20(22)24-19-9-7-15-10-16-12-18(23-4)8-6-14(16)11-17(15)13-19/h6-13H,5H2,1-4H3. The molecule has 0 radical (unpaired) electrons. The highest BCUT2D eigenvalue weighted by molar-refractivity contribution is 5.99. The molecule has 24 heavy (non-hydrogen) atoms. The van der Waals surface area contributed by atoms with Gasteiger partial charge in [0, 0.05) is 0 Å². The lowest BCUT2D eigenvalue weighted by Crippen LogP contribution is -2.28. The first-order valence-corrected chi connectivity index (χ1v) is 8.17. The van der Waals surface area contributed by atoms with Crippen molar-refractivity contribution < 1.29 is 14.3 Å². The second-order valence-electron chi connectivity index (χ2n) is 6.70. The largest absolute Gasteiger partial charge is 0.497 e. The number of carbonyl (C=O) groups excluding carboxylic acids is 1. The fourth-order valence-corrected chi connectivity index (χ4v) is 2.53. The Morgan fingerprint density at radius 2 is 1.42 bits per heavy atom. The maximum absolute atomic E-state index is 12.2. The summed E-state index contributed by atoms with van der Waals surface area (Å²) in [7, 11) is 1.67. The summed E-state index contributed by atoms with van der Waals surface area (Å²) in [6.45, 7) is 5.79. The second kappa shape index (κ2) is 6.16. The minimum absolute atomic E-state index is 0.199. The highest BCUT2D eigenvalue weighted by Gasteiger charge is 2.27. The van der Waals surface area contributed by atoms with E-state index >= 15 is 0 Å². The molecule has 0 fully saturated rings. The molecule has 0 amide bonds. The van der Waals surface area contributed by atoms with Crippen molar-refractivity contribution >= 4 is 27.5 Å². The van der Waals surface area contributed by atoms with Crippen LogP contribution in [0.25, 0.3) is 21.5 Å². The molecule has 0 unspecified atom stereocenters. The van der Waals surface area contributed by atoms with E-state index in [1.165, 1.54) is 0 Å². The molecule has 3 nitrogen and oxygen atoms in total. The molecule has 3 aromatic carbocycles. The monoisotopic (exact) mass is 322 g/mol. The molecule has 0 aliphatic carbocycles. The number of ether oxygens (including phenoxy) is 2. The number of benzene rings is 3. The van der Waals surface area contributed by atoms with Gasteiger partial charge in [-0.1, -0.05) is 19.1 Å². The molecule has 3 heteroatoms. The first-order chi connectivity index (χ1) is 11.4. The van der Waals surface area contributed by atoms with Crippen LogP contribution in [0.5, 0.6) is 11.5 Å². The van der Waals surface area contributed by atoms with Gasteiger partial charge >= 0.3 is 5.97 Å². The molecule has 0 aliphatic rings. The third kappa shape index (κ3) is 3.07. The highest BCUT2D eigenvalue weighted by atomic mass is 16.5. The van der Waals surface area contributed by atoms with E-state index in [0.29, 0.717) is 5.75 Å². The smallest absolute Gasteiger partial charge is 0.316 e. The van der Waals surface area contributed by atoms with E-state index in [-0.39, 0.29) is 5.97 Å². The molecule has 0 aliphatic heterocycles. The Kier molecular flexibility index (Phi) is 4.18. The zero-order valence-electron chi connectivity index (χ0n) is 14.6. The van der Waals surface area contributed by atoms with Crippen molar-refractivity contribution in [3.8, 4) is 11.5 Å². The average molecular weight is 322 g/mol. The second-order valence-corrected chi connectivity index (χ2v) is 6.70. The van der Waals surface area contributed by atoms with Gasteiger partial charge < -0.3 is 9.47 Å². The van der Waals surface area contributed by atoms with Gasteiger partial charge in [-0.2, -0.15) is 0 Å². The van der Waals surface area contributed by atoms with Gasteiger partial charge in [-0.3, -0.25) is 4.79 Å². The van der Waals surface area contributed by atoms with Crippen molar-refractivity contribution in [2.45, 2.75) is 27.2 Å². The Bertz CT molecular complexity index is 909. The summed E-state index contributed by atoms with van der Waals surface area (Å²) in [6, 6.07) is 16.0. The molecule has 124 valence electrons. The van der Waals surface area contributed by atoms with Crippen LogP contribution in [0.1, 0.15) is 27.2 Å². The molecule has 3 rings (SSSR count).